The Labute approximate surface area is 316 Å². The minimum absolute atomic E-state index is 0.0343. The lowest BCUT2D eigenvalue weighted by Gasteiger charge is -2.46. The first-order valence-corrected chi connectivity index (χ1v) is 20.8. The van der Waals surface area contributed by atoms with Crippen LogP contribution in [0, 0.1) is 11.8 Å². The molecule has 5 atom stereocenters. The number of aryl methyl sites for hydroxylation is 2. The van der Waals surface area contributed by atoms with Crippen LogP contribution < -0.4 is 14.4 Å². The predicted molar refractivity (Wildman–Crippen MR) is 208 cm³/mol. The van der Waals surface area contributed by atoms with Crippen LogP contribution in [0.5, 0.6) is 5.75 Å². The Balaban J connectivity index is 1.12. The highest BCUT2D eigenvalue weighted by atomic mass is 35.5. The van der Waals surface area contributed by atoms with E-state index in [2.05, 4.69) is 43.4 Å². The summed E-state index contributed by atoms with van der Waals surface area (Å²) in [4.78, 5) is 29.7. The number of para-hydroxylation sites is 1. The highest BCUT2D eigenvalue weighted by molar-refractivity contribution is 7.92. The molecule has 4 aliphatic rings. The number of nitrogens with zero attached hydrogens (tertiary/aromatic N) is 4. The van der Waals surface area contributed by atoms with Crippen molar-refractivity contribution in [2.45, 2.75) is 69.4 Å². The molecule has 8 rings (SSSR count). The fraction of sp³-hybridized carbons (Fsp3) is 0.439. The van der Waals surface area contributed by atoms with Crippen LogP contribution in [-0.4, -0.2) is 64.5 Å². The van der Waals surface area contributed by atoms with Crippen LogP contribution in [0.2, 0.25) is 5.02 Å². The molecule has 1 N–H and O–H groups in total. The van der Waals surface area contributed by atoms with Gasteiger partial charge in [0, 0.05) is 48.0 Å². The molecule has 3 aromatic carbocycles. The van der Waals surface area contributed by atoms with Gasteiger partial charge in [-0.05, 0) is 104 Å². The molecule has 278 valence electrons. The van der Waals surface area contributed by atoms with Crippen LogP contribution in [0.4, 0.5) is 5.69 Å². The van der Waals surface area contributed by atoms with Gasteiger partial charge >= 0.3 is 0 Å². The van der Waals surface area contributed by atoms with Crippen molar-refractivity contribution in [3.8, 4) is 5.75 Å². The second-order valence-electron chi connectivity index (χ2n) is 15.0. The molecule has 1 aromatic heterocycles. The summed E-state index contributed by atoms with van der Waals surface area (Å²) in [7, 11) is -1.69. The molecule has 53 heavy (non-hydrogen) atoms. The van der Waals surface area contributed by atoms with E-state index in [1.54, 1.807) is 24.1 Å². The van der Waals surface area contributed by atoms with E-state index in [1.807, 2.05) is 42.5 Å². The van der Waals surface area contributed by atoms with Gasteiger partial charge in [0.1, 0.15) is 15.7 Å². The topological polar surface area (TPSA) is 115 Å². The molecule has 0 saturated heterocycles. The molecule has 2 bridgehead atoms. The average Bonchev–Trinajstić information content (AvgIpc) is 3.49. The van der Waals surface area contributed by atoms with Gasteiger partial charge in [0.05, 0.1) is 42.4 Å². The number of aromatic nitrogens is 2. The molecular formula is C41H46ClN5O5S. The number of fused-ring (bicyclic) bond motifs is 5. The predicted octanol–water partition coefficient (Wildman–Crippen LogP) is 7.28. The lowest BCUT2D eigenvalue weighted by Crippen LogP contribution is -2.49. The van der Waals surface area contributed by atoms with Crippen molar-refractivity contribution in [3.05, 3.63) is 101 Å². The van der Waals surface area contributed by atoms with E-state index in [0.717, 1.165) is 66.8 Å². The molecule has 0 radical (unpaired) electrons. The zero-order chi connectivity index (χ0) is 36.6. The highest BCUT2D eigenvalue weighted by Gasteiger charge is 2.44. The molecule has 2 aliphatic carbocycles. The van der Waals surface area contributed by atoms with Crippen molar-refractivity contribution in [1.82, 2.24) is 14.5 Å². The number of halogens is 1. The normalized spacial score (nSPS) is 27.8. The molecule has 3 heterocycles. The van der Waals surface area contributed by atoms with Gasteiger partial charge in [-0.2, -0.15) is 5.10 Å². The number of anilines is 1. The Kier molecular flexibility index (Phi) is 10.1. The average molecular weight is 756 g/mol. The molecule has 1 fully saturated rings. The number of carbonyl (C=O) groups is 2. The van der Waals surface area contributed by atoms with Gasteiger partial charge < -0.3 is 14.4 Å². The van der Waals surface area contributed by atoms with Crippen LogP contribution in [0.25, 0.3) is 10.9 Å². The number of ether oxygens (including phenoxy) is 2. The van der Waals surface area contributed by atoms with Crippen molar-refractivity contribution in [3.63, 3.8) is 0 Å². The van der Waals surface area contributed by atoms with E-state index < -0.39 is 21.7 Å². The zero-order valence-electron chi connectivity index (χ0n) is 30.0. The van der Waals surface area contributed by atoms with Crippen molar-refractivity contribution in [2.24, 2.45) is 16.2 Å². The fourth-order valence-electron chi connectivity index (χ4n) is 8.75. The van der Waals surface area contributed by atoms with Crippen LogP contribution in [0.1, 0.15) is 66.4 Å². The quantitative estimate of drug-likeness (QED) is 0.213. The first-order valence-electron chi connectivity index (χ1n) is 18.7. The van der Waals surface area contributed by atoms with Crippen molar-refractivity contribution in [1.29, 1.82) is 0 Å². The van der Waals surface area contributed by atoms with Gasteiger partial charge in [-0.1, -0.05) is 48.0 Å². The third-order valence-electron chi connectivity index (χ3n) is 11.6. The van der Waals surface area contributed by atoms with Crippen molar-refractivity contribution < 1.29 is 23.3 Å². The van der Waals surface area contributed by atoms with Gasteiger partial charge in [0.15, 0.2) is 0 Å². The highest BCUT2D eigenvalue weighted by Crippen LogP contribution is 2.47. The van der Waals surface area contributed by atoms with Crippen LogP contribution >= 0.6 is 11.6 Å². The molecule has 2 amide bonds. The van der Waals surface area contributed by atoms with Crippen molar-refractivity contribution in [2.75, 3.05) is 37.5 Å². The first kappa shape index (κ1) is 35.8. The van der Waals surface area contributed by atoms with Crippen LogP contribution in [0.3, 0.4) is 0 Å². The van der Waals surface area contributed by atoms with Gasteiger partial charge in [-0.15, -0.1) is 4.36 Å². The standard InChI is InChI=1S/C41H46ClN5O5S/c1-51-37-11-3-2-6-21-53(50,44-39(48)18-20-47-35-10-5-4-8-30(35)24-43-47)45-40(49)29-13-17-38-36(23-29)46(25-31-12-15-33(31)37)26-41(27-52-38)19-7-9-28-22-32(42)14-16-34(28)41/h3-5,8,10-11,13-14,16-17,22-24,31,33,37H,2,6-7,9,12,15,18-21,25-27H2,1H3,(H,44,45,48,49,50)/b11-3+/t31-,33+,37-,41-,53+/m0/s1. The SMILES string of the molecule is CO[C@H]1/C=C/CCC[S@@](=O)(NC(=O)CCn2ncc3ccccc32)=NC(=O)c2ccc3c(c2)N(C[C@@H]2CC[C@H]21)C[C@@]1(CCCc2cc(Cl)ccc21)CO3. The Morgan fingerprint density at radius 1 is 1.13 bits per heavy atom. The smallest absolute Gasteiger partial charge is 0.286 e. The van der Waals surface area contributed by atoms with Crippen molar-refractivity contribution >= 4 is 49.9 Å². The summed E-state index contributed by atoms with van der Waals surface area (Å²) < 4.78 is 35.8. The number of hydrogen-bond acceptors (Lipinski definition) is 7. The summed E-state index contributed by atoms with van der Waals surface area (Å²) in [6, 6.07) is 19.4. The zero-order valence-corrected chi connectivity index (χ0v) is 31.6. The minimum atomic E-state index is -3.45. The molecule has 1 saturated carbocycles. The molecule has 12 heteroatoms. The maximum Gasteiger partial charge on any atom is 0.286 e. The Morgan fingerprint density at radius 3 is 2.87 bits per heavy atom. The Morgan fingerprint density at radius 2 is 2.02 bits per heavy atom. The lowest BCUT2D eigenvalue weighted by molar-refractivity contribution is -0.119. The maximum atomic E-state index is 14.4. The Bertz CT molecular complexity index is 2190. The first-order chi connectivity index (χ1) is 25.7. The van der Waals surface area contributed by atoms with E-state index in [-0.39, 0.29) is 23.7 Å². The van der Waals surface area contributed by atoms with Gasteiger partial charge in [0.25, 0.3) is 5.91 Å². The number of allylic oxidation sites excluding steroid dienone is 1. The van der Waals surface area contributed by atoms with E-state index in [4.69, 9.17) is 21.1 Å². The summed E-state index contributed by atoms with van der Waals surface area (Å²) >= 11 is 6.46. The number of methoxy groups -OCH3 is 1. The fourth-order valence-corrected chi connectivity index (χ4v) is 10.6. The number of rotatable bonds is 5. The molecule has 10 nitrogen and oxygen atoms in total. The number of carbonyl (C=O) groups excluding carboxylic acids is 2. The maximum absolute atomic E-state index is 14.4. The van der Waals surface area contributed by atoms with Crippen LogP contribution in [-0.2, 0) is 37.8 Å². The minimum Gasteiger partial charge on any atom is -0.490 e. The molecule has 2 aliphatic heterocycles. The summed E-state index contributed by atoms with van der Waals surface area (Å²) in [6.45, 7) is 2.31. The van der Waals surface area contributed by atoms with E-state index in [1.165, 1.54) is 11.1 Å². The number of nitrogens with one attached hydrogen (secondary N) is 1. The third-order valence-corrected chi connectivity index (χ3v) is 13.7. The summed E-state index contributed by atoms with van der Waals surface area (Å²) in [5.74, 6) is 0.408. The second-order valence-corrected chi connectivity index (χ2v) is 17.5. The van der Waals surface area contributed by atoms with E-state index in [0.29, 0.717) is 49.1 Å². The number of benzene rings is 3. The molecule has 4 aromatic rings. The summed E-state index contributed by atoms with van der Waals surface area (Å²) in [5, 5.41) is 6.13. The van der Waals surface area contributed by atoms with Gasteiger partial charge in [-0.3, -0.25) is 19.0 Å². The van der Waals surface area contributed by atoms with E-state index >= 15 is 0 Å². The number of hydrogen-bond donors (Lipinski definition) is 1. The molecular weight excluding hydrogens is 710 g/mol. The largest absolute Gasteiger partial charge is 0.490 e. The molecule has 0 unspecified atom stereocenters. The second kappa shape index (κ2) is 14.9. The lowest BCUT2D eigenvalue weighted by atomic mass is 9.68. The van der Waals surface area contributed by atoms with E-state index in [9.17, 15) is 13.8 Å². The third kappa shape index (κ3) is 7.35. The number of amides is 2. The summed E-state index contributed by atoms with van der Waals surface area (Å²) in [5.41, 5.74) is 4.33. The van der Waals surface area contributed by atoms with Gasteiger partial charge in [0.2, 0.25) is 5.91 Å². The monoisotopic (exact) mass is 755 g/mol. The van der Waals surface area contributed by atoms with Gasteiger partial charge in [-0.25, -0.2) is 4.21 Å². The molecule has 1 spiro atoms. The van der Waals surface area contributed by atoms with Crippen LogP contribution in [0.15, 0.2) is 83.4 Å². The Hall–Kier alpha value is -4.19. The summed E-state index contributed by atoms with van der Waals surface area (Å²) in [6.07, 6.45) is 12.2.